The van der Waals surface area contributed by atoms with E-state index in [-0.39, 0.29) is 0 Å². The standard InChI is InChI=1S/C15H16N4/c1-11-9-12-5-3-4-6-13(12)18-15(11)17-10-14-16-7-8-19(14)2/h3-9H,10H2,1-2H3,(H,17,18). The SMILES string of the molecule is Cc1cc2ccccc2nc1NCc1nccn1C. The maximum atomic E-state index is 4.66. The van der Waals surface area contributed by atoms with Crippen LogP contribution in [0.15, 0.2) is 42.7 Å². The van der Waals surface area contributed by atoms with E-state index in [1.165, 1.54) is 5.39 Å². The van der Waals surface area contributed by atoms with Gasteiger partial charge in [-0.3, -0.25) is 0 Å². The summed E-state index contributed by atoms with van der Waals surface area (Å²) < 4.78 is 2.00. The van der Waals surface area contributed by atoms with Gasteiger partial charge in [0.2, 0.25) is 0 Å². The van der Waals surface area contributed by atoms with Gasteiger partial charge in [0.05, 0.1) is 12.1 Å². The molecule has 0 fully saturated rings. The van der Waals surface area contributed by atoms with Crippen LogP contribution in [-0.4, -0.2) is 14.5 Å². The van der Waals surface area contributed by atoms with Crippen molar-refractivity contribution < 1.29 is 0 Å². The number of para-hydroxylation sites is 1. The average Bonchev–Trinajstić information content (AvgIpc) is 2.82. The zero-order chi connectivity index (χ0) is 13.2. The van der Waals surface area contributed by atoms with Gasteiger partial charge < -0.3 is 9.88 Å². The molecule has 0 unspecified atom stereocenters. The number of aromatic nitrogens is 3. The van der Waals surface area contributed by atoms with Crippen LogP contribution in [0.3, 0.4) is 0 Å². The Kier molecular flexibility index (Phi) is 2.91. The summed E-state index contributed by atoms with van der Waals surface area (Å²) >= 11 is 0. The lowest BCUT2D eigenvalue weighted by atomic mass is 10.1. The third kappa shape index (κ3) is 2.29. The van der Waals surface area contributed by atoms with E-state index < -0.39 is 0 Å². The highest BCUT2D eigenvalue weighted by Gasteiger charge is 2.04. The van der Waals surface area contributed by atoms with Gasteiger partial charge in [-0.05, 0) is 24.6 Å². The number of hydrogen-bond donors (Lipinski definition) is 1. The number of hydrogen-bond acceptors (Lipinski definition) is 3. The molecule has 96 valence electrons. The third-order valence-electron chi connectivity index (χ3n) is 3.25. The van der Waals surface area contributed by atoms with Crippen LogP contribution in [-0.2, 0) is 13.6 Å². The van der Waals surface area contributed by atoms with Gasteiger partial charge in [-0.2, -0.15) is 0 Å². The summed E-state index contributed by atoms with van der Waals surface area (Å²) in [6.07, 6.45) is 3.75. The van der Waals surface area contributed by atoms with Crippen molar-refractivity contribution in [3.8, 4) is 0 Å². The Hall–Kier alpha value is -2.36. The van der Waals surface area contributed by atoms with E-state index in [2.05, 4.69) is 34.3 Å². The molecule has 2 heterocycles. The number of nitrogens with zero attached hydrogens (tertiary/aromatic N) is 3. The van der Waals surface area contributed by atoms with Gasteiger partial charge >= 0.3 is 0 Å². The van der Waals surface area contributed by atoms with Gasteiger partial charge in [-0.25, -0.2) is 9.97 Å². The molecular weight excluding hydrogens is 236 g/mol. The predicted octanol–water partition coefficient (Wildman–Crippen LogP) is 2.89. The van der Waals surface area contributed by atoms with Crippen molar-refractivity contribution >= 4 is 16.7 Å². The van der Waals surface area contributed by atoms with Crippen LogP contribution < -0.4 is 5.32 Å². The molecule has 2 aromatic heterocycles. The first kappa shape index (κ1) is 11.7. The molecule has 3 rings (SSSR count). The van der Waals surface area contributed by atoms with Gasteiger partial charge in [-0.15, -0.1) is 0 Å². The molecule has 0 saturated carbocycles. The fourth-order valence-electron chi connectivity index (χ4n) is 2.13. The van der Waals surface area contributed by atoms with Crippen molar-refractivity contribution in [3.63, 3.8) is 0 Å². The number of anilines is 1. The van der Waals surface area contributed by atoms with Gasteiger partial charge in [0.25, 0.3) is 0 Å². The van der Waals surface area contributed by atoms with Gasteiger partial charge in [0.15, 0.2) is 0 Å². The monoisotopic (exact) mass is 252 g/mol. The van der Waals surface area contributed by atoms with E-state index in [0.29, 0.717) is 6.54 Å². The fraction of sp³-hybridized carbons (Fsp3) is 0.200. The Balaban J connectivity index is 1.88. The van der Waals surface area contributed by atoms with Crippen molar-refractivity contribution in [3.05, 3.63) is 54.1 Å². The number of benzene rings is 1. The van der Waals surface area contributed by atoms with E-state index in [0.717, 1.165) is 22.7 Å². The molecule has 0 aliphatic carbocycles. The molecule has 0 atom stereocenters. The van der Waals surface area contributed by atoms with Crippen molar-refractivity contribution in [1.29, 1.82) is 0 Å². The van der Waals surface area contributed by atoms with Gasteiger partial charge in [0.1, 0.15) is 11.6 Å². The van der Waals surface area contributed by atoms with E-state index in [1.54, 1.807) is 6.20 Å². The Labute approximate surface area is 112 Å². The molecule has 0 saturated heterocycles. The van der Waals surface area contributed by atoms with Crippen LogP contribution in [0, 0.1) is 6.92 Å². The first-order valence-electron chi connectivity index (χ1n) is 6.30. The van der Waals surface area contributed by atoms with Gasteiger partial charge in [-0.1, -0.05) is 18.2 Å². The Bertz CT molecular complexity index is 715. The molecule has 0 aliphatic rings. The number of imidazole rings is 1. The summed E-state index contributed by atoms with van der Waals surface area (Å²) in [4.78, 5) is 8.95. The molecule has 0 spiro atoms. The van der Waals surface area contributed by atoms with Crippen molar-refractivity contribution in [1.82, 2.24) is 14.5 Å². The summed E-state index contributed by atoms with van der Waals surface area (Å²) in [6, 6.07) is 10.3. The fourth-order valence-corrected chi connectivity index (χ4v) is 2.13. The minimum absolute atomic E-state index is 0.676. The first-order chi connectivity index (χ1) is 9.24. The van der Waals surface area contributed by atoms with E-state index in [9.17, 15) is 0 Å². The lowest BCUT2D eigenvalue weighted by Gasteiger charge is -2.10. The van der Waals surface area contributed by atoms with E-state index >= 15 is 0 Å². The van der Waals surface area contributed by atoms with Gasteiger partial charge in [0, 0.05) is 24.8 Å². The molecule has 4 nitrogen and oxygen atoms in total. The smallest absolute Gasteiger partial charge is 0.129 e. The number of fused-ring (bicyclic) bond motifs is 1. The topological polar surface area (TPSA) is 42.7 Å². The van der Waals surface area contributed by atoms with Crippen molar-refractivity contribution in [2.75, 3.05) is 5.32 Å². The van der Waals surface area contributed by atoms with Crippen LogP contribution in [0.25, 0.3) is 10.9 Å². The molecule has 19 heavy (non-hydrogen) atoms. The van der Waals surface area contributed by atoms with Crippen LogP contribution in [0.5, 0.6) is 0 Å². The lowest BCUT2D eigenvalue weighted by Crippen LogP contribution is -2.07. The predicted molar refractivity (Wildman–Crippen MR) is 77.0 cm³/mol. The summed E-state index contributed by atoms with van der Waals surface area (Å²) in [7, 11) is 1.99. The highest BCUT2D eigenvalue weighted by Crippen LogP contribution is 2.19. The highest BCUT2D eigenvalue weighted by molar-refractivity contribution is 5.81. The molecule has 1 aromatic carbocycles. The normalized spacial score (nSPS) is 10.8. The molecule has 0 aliphatic heterocycles. The minimum atomic E-state index is 0.676. The van der Waals surface area contributed by atoms with Crippen LogP contribution in [0.1, 0.15) is 11.4 Å². The second-order valence-corrected chi connectivity index (χ2v) is 4.65. The number of aryl methyl sites for hydroxylation is 2. The summed E-state index contributed by atoms with van der Waals surface area (Å²) in [5, 5.41) is 4.52. The molecular formula is C15H16N4. The number of nitrogens with one attached hydrogen (secondary N) is 1. The zero-order valence-corrected chi connectivity index (χ0v) is 11.1. The number of rotatable bonds is 3. The average molecular weight is 252 g/mol. The summed E-state index contributed by atoms with van der Waals surface area (Å²) in [6.45, 7) is 2.75. The zero-order valence-electron chi connectivity index (χ0n) is 11.1. The Morgan fingerprint density at radius 1 is 1.26 bits per heavy atom. The second-order valence-electron chi connectivity index (χ2n) is 4.65. The molecule has 0 radical (unpaired) electrons. The van der Waals surface area contributed by atoms with E-state index in [4.69, 9.17) is 0 Å². The molecule has 0 bridgehead atoms. The molecule has 4 heteroatoms. The van der Waals surface area contributed by atoms with Crippen molar-refractivity contribution in [2.45, 2.75) is 13.5 Å². The molecule has 1 N–H and O–H groups in total. The van der Waals surface area contributed by atoms with E-state index in [1.807, 2.05) is 36.0 Å². The lowest BCUT2D eigenvalue weighted by molar-refractivity contribution is 0.810. The quantitative estimate of drug-likeness (QED) is 0.779. The maximum absolute atomic E-state index is 4.66. The van der Waals surface area contributed by atoms with Crippen molar-refractivity contribution in [2.24, 2.45) is 7.05 Å². The second kappa shape index (κ2) is 4.72. The number of pyridine rings is 1. The highest BCUT2D eigenvalue weighted by atomic mass is 15.1. The third-order valence-corrected chi connectivity index (χ3v) is 3.25. The Morgan fingerprint density at radius 2 is 2.11 bits per heavy atom. The largest absolute Gasteiger partial charge is 0.363 e. The first-order valence-corrected chi connectivity index (χ1v) is 6.30. The maximum Gasteiger partial charge on any atom is 0.129 e. The summed E-state index contributed by atoms with van der Waals surface area (Å²) in [5.41, 5.74) is 2.16. The molecule has 0 amide bonds. The Morgan fingerprint density at radius 3 is 2.89 bits per heavy atom. The minimum Gasteiger partial charge on any atom is -0.363 e. The summed E-state index contributed by atoms with van der Waals surface area (Å²) in [5.74, 6) is 1.91. The van der Waals surface area contributed by atoms with Crippen LogP contribution in [0.2, 0.25) is 0 Å². The molecule has 3 aromatic rings. The van der Waals surface area contributed by atoms with Crippen LogP contribution in [0.4, 0.5) is 5.82 Å². The van der Waals surface area contributed by atoms with Crippen LogP contribution >= 0.6 is 0 Å².